The van der Waals surface area contributed by atoms with Gasteiger partial charge in [-0.3, -0.25) is 4.79 Å². The molecule has 2 N–H and O–H groups in total. The second-order valence-corrected chi connectivity index (χ2v) is 6.28. The first-order valence-electron chi connectivity index (χ1n) is 7.35. The van der Waals surface area contributed by atoms with E-state index in [0.29, 0.717) is 36.0 Å². The molecule has 3 rings (SSSR count). The fourth-order valence-electron chi connectivity index (χ4n) is 2.69. The van der Waals surface area contributed by atoms with Crippen LogP contribution in [0.5, 0.6) is 0 Å². The van der Waals surface area contributed by atoms with E-state index in [1.54, 1.807) is 29.3 Å². The number of carbonyl (C=O) groups excluding carboxylic acids is 1. The molecule has 0 atom stereocenters. The lowest BCUT2D eigenvalue weighted by Crippen LogP contribution is -2.36. The number of benzene rings is 1. The Balaban J connectivity index is 1.66. The van der Waals surface area contributed by atoms with Crippen LogP contribution in [0, 0.1) is 0 Å². The van der Waals surface area contributed by atoms with Crippen molar-refractivity contribution in [3.8, 4) is 0 Å². The third kappa shape index (κ3) is 3.57. The topological polar surface area (TPSA) is 72.1 Å². The molecule has 0 unspecified atom stereocenters. The maximum absolute atomic E-state index is 12.5. The van der Waals surface area contributed by atoms with E-state index in [1.165, 1.54) is 0 Å². The predicted octanol–water partition coefficient (Wildman–Crippen LogP) is 2.88. The first-order chi connectivity index (χ1) is 11.0. The van der Waals surface area contributed by atoms with E-state index in [2.05, 4.69) is 9.97 Å². The van der Waals surface area contributed by atoms with Gasteiger partial charge in [-0.1, -0.05) is 29.3 Å². The molecule has 1 aromatic carbocycles. The van der Waals surface area contributed by atoms with Gasteiger partial charge in [-0.2, -0.15) is 0 Å². The van der Waals surface area contributed by atoms with E-state index >= 15 is 0 Å². The van der Waals surface area contributed by atoms with Gasteiger partial charge in [0.05, 0.1) is 12.2 Å². The number of hydrogen-bond donors (Lipinski definition) is 1. The zero-order chi connectivity index (χ0) is 16.4. The smallest absolute Gasteiger partial charge is 0.223 e. The van der Waals surface area contributed by atoms with Crippen molar-refractivity contribution < 1.29 is 4.79 Å². The van der Waals surface area contributed by atoms with Crippen LogP contribution >= 0.6 is 23.2 Å². The molecule has 1 aromatic heterocycles. The number of amides is 1. The summed E-state index contributed by atoms with van der Waals surface area (Å²) in [5.74, 6) is 0.296. The van der Waals surface area contributed by atoms with Gasteiger partial charge in [0, 0.05) is 29.2 Å². The van der Waals surface area contributed by atoms with Crippen LogP contribution in [-0.2, 0) is 24.2 Å². The van der Waals surface area contributed by atoms with Gasteiger partial charge in [-0.05, 0) is 36.1 Å². The highest BCUT2D eigenvalue weighted by Crippen LogP contribution is 2.26. The number of nitrogens with zero attached hydrogens (tertiary/aromatic N) is 3. The molecule has 1 amide bonds. The van der Waals surface area contributed by atoms with Crippen molar-refractivity contribution in [2.24, 2.45) is 0 Å². The van der Waals surface area contributed by atoms with Crippen LogP contribution in [0.15, 0.2) is 24.4 Å². The number of hydrogen-bond acceptors (Lipinski definition) is 4. The lowest BCUT2D eigenvalue weighted by molar-refractivity contribution is -0.132. The number of carbonyl (C=O) groups is 1. The van der Waals surface area contributed by atoms with Crippen molar-refractivity contribution >= 4 is 35.1 Å². The number of rotatable bonds is 3. The fourth-order valence-corrected chi connectivity index (χ4v) is 3.28. The number of anilines is 1. The van der Waals surface area contributed by atoms with Crippen molar-refractivity contribution in [3.05, 3.63) is 51.3 Å². The lowest BCUT2D eigenvalue weighted by Gasteiger charge is -2.28. The zero-order valence-corrected chi connectivity index (χ0v) is 13.9. The van der Waals surface area contributed by atoms with Crippen molar-refractivity contribution in [2.45, 2.75) is 25.8 Å². The molecule has 1 aliphatic rings. The molecule has 0 aliphatic carbocycles. The van der Waals surface area contributed by atoms with Gasteiger partial charge in [0.2, 0.25) is 11.9 Å². The van der Waals surface area contributed by atoms with Crippen molar-refractivity contribution in [2.75, 3.05) is 12.3 Å². The van der Waals surface area contributed by atoms with Crippen molar-refractivity contribution in [1.82, 2.24) is 14.9 Å². The summed E-state index contributed by atoms with van der Waals surface area (Å²) in [5.41, 5.74) is 8.31. The van der Waals surface area contributed by atoms with Crippen molar-refractivity contribution in [3.63, 3.8) is 0 Å². The average molecular weight is 351 g/mol. The highest BCUT2D eigenvalue weighted by molar-refractivity contribution is 6.36. The SMILES string of the molecule is Nc1ncc2c(n1)CN(C(=O)CCc1c(Cl)cccc1Cl)CC2. The molecular formula is C16H16Cl2N4O. The van der Waals surface area contributed by atoms with Crippen LogP contribution in [0.3, 0.4) is 0 Å². The molecule has 0 spiro atoms. The van der Waals surface area contributed by atoms with E-state index in [0.717, 1.165) is 23.2 Å². The number of nitrogens with two attached hydrogens (primary N) is 1. The minimum atomic E-state index is 0.0591. The number of aromatic nitrogens is 2. The number of halogens is 2. The van der Waals surface area contributed by atoms with E-state index < -0.39 is 0 Å². The molecule has 5 nitrogen and oxygen atoms in total. The van der Waals surface area contributed by atoms with Gasteiger partial charge >= 0.3 is 0 Å². The van der Waals surface area contributed by atoms with Gasteiger partial charge in [0.25, 0.3) is 0 Å². The molecule has 0 bridgehead atoms. The van der Waals surface area contributed by atoms with Crippen LogP contribution in [0.1, 0.15) is 23.2 Å². The van der Waals surface area contributed by atoms with Crippen molar-refractivity contribution in [1.29, 1.82) is 0 Å². The molecule has 23 heavy (non-hydrogen) atoms. The van der Waals surface area contributed by atoms with Crippen LogP contribution in [0.2, 0.25) is 10.0 Å². The normalized spacial score (nSPS) is 13.7. The highest BCUT2D eigenvalue weighted by atomic mass is 35.5. The summed E-state index contributed by atoms with van der Waals surface area (Å²) < 4.78 is 0. The Kier molecular flexibility index (Phi) is 4.68. The Morgan fingerprint density at radius 2 is 2.04 bits per heavy atom. The number of fused-ring (bicyclic) bond motifs is 1. The first kappa shape index (κ1) is 16.0. The summed E-state index contributed by atoms with van der Waals surface area (Å²) in [4.78, 5) is 22.5. The Bertz CT molecular complexity index is 731. The second kappa shape index (κ2) is 6.72. The summed E-state index contributed by atoms with van der Waals surface area (Å²) in [5, 5.41) is 1.18. The molecule has 0 saturated carbocycles. The minimum Gasteiger partial charge on any atom is -0.368 e. The lowest BCUT2D eigenvalue weighted by atomic mass is 10.1. The first-order valence-corrected chi connectivity index (χ1v) is 8.11. The van der Waals surface area contributed by atoms with Gasteiger partial charge in [-0.25, -0.2) is 9.97 Å². The van der Waals surface area contributed by atoms with Crippen LogP contribution in [0.4, 0.5) is 5.95 Å². The molecule has 0 saturated heterocycles. The fraction of sp³-hybridized carbons (Fsp3) is 0.312. The van der Waals surface area contributed by atoms with E-state index in [9.17, 15) is 4.79 Å². The van der Waals surface area contributed by atoms with Gasteiger partial charge in [-0.15, -0.1) is 0 Å². The Hall–Kier alpha value is -1.85. The second-order valence-electron chi connectivity index (χ2n) is 5.47. The quantitative estimate of drug-likeness (QED) is 0.923. The summed E-state index contributed by atoms with van der Waals surface area (Å²) in [6.07, 6.45) is 3.36. The number of nitrogen functional groups attached to an aromatic ring is 1. The maximum atomic E-state index is 12.5. The minimum absolute atomic E-state index is 0.0591. The standard InChI is InChI=1S/C16H16Cl2N4O/c17-12-2-1-3-13(18)11(12)4-5-15(23)22-7-6-10-8-20-16(19)21-14(10)9-22/h1-3,8H,4-7,9H2,(H2,19,20,21). The van der Waals surface area contributed by atoms with Crippen LogP contribution < -0.4 is 5.73 Å². The van der Waals surface area contributed by atoms with Gasteiger partial charge < -0.3 is 10.6 Å². The van der Waals surface area contributed by atoms with Crippen LogP contribution in [-0.4, -0.2) is 27.3 Å². The van der Waals surface area contributed by atoms with Gasteiger partial charge in [0.1, 0.15) is 0 Å². The molecule has 0 radical (unpaired) electrons. The molecule has 120 valence electrons. The molecule has 2 heterocycles. The third-order valence-corrected chi connectivity index (χ3v) is 4.68. The zero-order valence-electron chi connectivity index (χ0n) is 12.4. The molecule has 1 aliphatic heterocycles. The van der Waals surface area contributed by atoms with Crippen LogP contribution in [0.25, 0.3) is 0 Å². The Morgan fingerprint density at radius 3 is 2.78 bits per heavy atom. The monoisotopic (exact) mass is 350 g/mol. The molecule has 7 heteroatoms. The molecular weight excluding hydrogens is 335 g/mol. The highest BCUT2D eigenvalue weighted by Gasteiger charge is 2.22. The summed E-state index contributed by atoms with van der Waals surface area (Å²) in [7, 11) is 0. The third-order valence-electron chi connectivity index (χ3n) is 3.97. The average Bonchev–Trinajstić information content (AvgIpc) is 2.53. The Labute approximate surface area is 144 Å². The summed E-state index contributed by atoms with van der Waals surface area (Å²) >= 11 is 12.3. The largest absolute Gasteiger partial charge is 0.368 e. The van der Waals surface area contributed by atoms with E-state index in [1.807, 2.05) is 0 Å². The summed E-state index contributed by atoms with van der Waals surface area (Å²) in [6.45, 7) is 1.13. The molecule has 2 aromatic rings. The molecule has 0 fully saturated rings. The maximum Gasteiger partial charge on any atom is 0.223 e. The predicted molar refractivity (Wildman–Crippen MR) is 90.3 cm³/mol. The van der Waals surface area contributed by atoms with E-state index in [-0.39, 0.29) is 11.9 Å². The van der Waals surface area contributed by atoms with E-state index in [4.69, 9.17) is 28.9 Å². The summed E-state index contributed by atoms with van der Waals surface area (Å²) in [6, 6.07) is 5.36. The van der Waals surface area contributed by atoms with Gasteiger partial charge in [0.15, 0.2) is 0 Å². The Morgan fingerprint density at radius 1 is 1.30 bits per heavy atom.